The van der Waals surface area contributed by atoms with Gasteiger partial charge in [-0.15, -0.1) is 0 Å². The van der Waals surface area contributed by atoms with Crippen LogP contribution in [0.5, 0.6) is 0 Å². The van der Waals surface area contributed by atoms with Crippen molar-refractivity contribution in [2.75, 3.05) is 24.6 Å². The average molecular weight is 226 g/mol. The normalized spacial score (nSPS) is 18.0. The van der Waals surface area contributed by atoms with Crippen LogP contribution in [0.1, 0.15) is 25.5 Å². The van der Waals surface area contributed by atoms with Crippen LogP contribution in [0.2, 0.25) is 0 Å². The number of piperidine rings is 1. The maximum Gasteiger partial charge on any atom is 0.297 e. The Hall–Kier alpha value is -1.07. The summed E-state index contributed by atoms with van der Waals surface area (Å²) in [4.78, 5) is 6.28. The summed E-state index contributed by atoms with van der Waals surface area (Å²) in [7, 11) is 0. The largest absolute Gasteiger partial charge is 0.432 e. The molecular weight excluding hydrogens is 208 g/mol. The van der Waals surface area contributed by atoms with E-state index in [2.05, 4.69) is 9.88 Å². The third-order valence-electron chi connectivity index (χ3n) is 2.82. The first-order valence-corrected chi connectivity index (χ1v) is 5.75. The predicted molar refractivity (Wildman–Crippen MR) is 59.3 cm³/mol. The van der Waals surface area contributed by atoms with Gasteiger partial charge in [-0.1, -0.05) is 0 Å². The Morgan fingerprint density at radius 1 is 1.56 bits per heavy atom. The molecule has 0 atom stereocenters. The molecule has 5 nitrogen and oxygen atoms in total. The number of rotatable bonds is 4. The summed E-state index contributed by atoms with van der Waals surface area (Å²) in [6, 6.07) is 0.610. The highest BCUT2D eigenvalue weighted by Crippen LogP contribution is 2.20. The molecule has 0 saturated carbocycles. The van der Waals surface area contributed by atoms with E-state index >= 15 is 0 Å². The molecule has 0 radical (unpaired) electrons. The smallest absolute Gasteiger partial charge is 0.297 e. The Labute approximate surface area is 95.0 Å². The first-order chi connectivity index (χ1) is 7.83. The predicted octanol–water partition coefficient (Wildman–Crippen LogP) is 1.17. The van der Waals surface area contributed by atoms with E-state index < -0.39 is 0 Å². The molecule has 2 heterocycles. The van der Waals surface area contributed by atoms with Crippen molar-refractivity contribution < 1.29 is 14.3 Å². The second-order valence-corrected chi connectivity index (χ2v) is 3.92. The van der Waals surface area contributed by atoms with Crippen molar-refractivity contribution in [3.05, 3.63) is 12.0 Å². The zero-order valence-electron chi connectivity index (χ0n) is 9.56. The van der Waals surface area contributed by atoms with E-state index in [4.69, 9.17) is 14.3 Å². The Bertz CT molecular complexity index is 319. The van der Waals surface area contributed by atoms with Gasteiger partial charge in [0.15, 0.2) is 0 Å². The average Bonchev–Trinajstić information content (AvgIpc) is 2.79. The van der Waals surface area contributed by atoms with Gasteiger partial charge in [0.2, 0.25) is 0 Å². The van der Waals surface area contributed by atoms with Crippen molar-refractivity contribution in [3.8, 4) is 0 Å². The SMILES string of the molecule is CCOC1CCN(c2nc(CO)co2)CC1. The number of nitrogens with zero attached hydrogens (tertiary/aromatic N) is 2. The topological polar surface area (TPSA) is 58.7 Å². The number of aliphatic hydroxyl groups excluding tert-OH is 1. The van der Waals surface area contributed by atoms with Crippen LogP contribution in [0.4, 0.5) is 6.01 Å². The third kappa shape index (κ3) is 2.54. The van der Waals surface area contributed by atoms with Crippen molar-refractivity contribution in [1.29, 1.82) is 0 Å². The second kappa shape index (κ2) is 5.32. The highest BCUT2D eigenvalue weighted by Gasteiger charge is 2.22. The molecule has 2 rings (SSSR count). The summed E-state index contributed by atoms with van der Waals surface area (Å²) in [6.07, 6.45) is 3.88. The van der Waals surface area contributed by atoms with Crippen molar-refractivity contribution in [2.45, 2.75) is 32.5 Å². The molecule has 1 aliphatic rings. The van der Waals surface area contributed by atoms with E-state index in [9.17, 15) is 0 Å². The van der Waals surface area contributed by atoms with Crippen molar-refractivity contribution in [1.82, 2.24) is 4.98 Å². The molecule has 0 aliphatic carbocycles. The number of anilines is 1. The number of oxazole rings is 1. The lowest BCUT2D eigenvalue weighted by Gasteiger charge is -2.30. The van der Waals surface area contributed by atoms with E-state index in [1.165, 1.54) is 6.26 Å². The minimum Gasteiger partial charge on any atom is -0.432 e. The second-order valence-electron chi connectivity index (χ2n) is 3.92. The zero-order valence-corrected chi connectivity index (χ0v) is 9.56. The van der Waals surface area contributed by atoms with Crippen LogP contribution in [0, 0.1) is 0 Å². The van der Waals surface area contributed by atoms with E-state index in [-0.39, 0.29) is 6.61 Å². The molecule has 0 aromatic carbocycles. The van der Waals surface area contributed by atoms with E-state index in [1.54, 1.807) is 0 Å². The van der Waals surface area contributed by atoms with Crippen LogP contribution >= 0.6 is 0 Å². The fourth-order valence-electron chi connectivity index (χ4n) is 1.96. The summed E-state index contributed by atoms with van der Waals surface area (Å²) in [6.45, 7) is 4.53. The molecule has 1 aliphatic heterocycles. The van der Waals surface area contributed by atoms with Gasteiger partial charge in [0.25, 0.3) is 6.01 Å². The van der Waals surface area contributed by atoms with Gasteiger partial charge in [0.05, 0.1) is 12.7 Å². The third-order valence-corrected chi connectivity index (χ3v) is 2.82. The Morgan fingerprint density at radius 3 is 2.88 bits per heavy atom. The summed E-state index contributed by atoms with van der Waals surface area (Å²) in [5.74, 6) is 0. The molecule has 0 bridgehead atoms. The molecule has 1 saturated heterocycles. The summed E-state index contributed by atoms with van der Waals surface area (Å²) in [5.41, 5.74) is 0.585. The lowest BCUT2D eigenvalue weighted by molar-refractivity contribution is 0.0453. The van der Waals surface area contributed by atoms with Crippen LogP contribution in [-0.4, -0.2) is 35.9 Å². The highest BCUT2D eigenvalue weighted by molar-refractivity contribution is 5.27. The molecule has 0 amide bonds. The van der Waals surface area contributed by atoms with Crippen LogP contribution in [0.25, 0.3) is 0 Å². The molecule has 1 N–H and O–H groups in total. The number of ether oxygens (including phenoxy) is 1. The first kappa shape index (κ1) is 11.4. The molecule has 0 spiro atoms. The summed E-state index contributed by atoms with van der Waals surface area (Å²) < 4.78 is 10.9. The van der Waals surface area contributed by atoms with Gasteiger partial charge in [-0.25, -0.2) is 0 Å². The number of hydrogen-bond donors (Lipinski definition) is 1. The molecule has 16 heavy (non-hydrogen) atoms. The van der Waals surface area contributed by atoms with Crippen molar-refractivity contribution in [3.63, 3.8) is 0 Å². The first-order valence-electron chi connectivity index (χ1n) is 5.75. The fourth-order valence-corrected chi connectivity index (χ4v) is 1.96. The lowest BCUT2D eigenvalue weighted by Crippen LogP contribution is -2.37. The van der Waals surface area contributed by atoms with Crippen LogP contribution < -0.4 is 4.90 Å². The monoisotopic (exact) mass is 226 g/mol. The molecule has 90 valence electrons. The summed E-state index contributed by atoms with van der Waals surface area (Å²) in [5, 5.41) is 8.90. The Balaban J connectivity index is 1.88. The van der Waals surface area contributed by atoms with E-state index in [1.807, 2.05) is 6.92 Å². The minimum absolute atomic E-state index is 0.0705. The highest BCUT2D eigenvalue weighted by atomic mass is 16.5. The van der Waals surface area contributed by atoms with Gasteiger partial charge in [0, 0.05) is 19.7 Å². The number of aliphatic hydroxyl groups is 1. The van der Waals surface area contributed by atoms with Gasteiger partial charge in [0.1, 0.15) is 12.0 Å². The van der Waals surface area contributed by atoms with Crippen LogP contribution in [0.3, 0.4) is 0 Å². The Morgan fingerprint density at radius 2 is 2.31 bits per heavy atom. The van der Waals surface area contributed by atoms with Gasteiger partial charge in [-0.2, -0.15) is 4.98 Å². The van der Waals surface area contributed by atoms with E-state index in [0.29, 0.717) is 17.8 Å². The van der Waals surface area contributed by atoms with Crippen molar-refractivity contribution >= 4 is 6.01 Å². The van der Waals surface area contributed by atoms with Gasteiger partial charge in [-0.05, 0) is 19.8 Å². The van der Waals surface area contributed by atoms with E-state index in [0.717, 1.165) is 32.5 Å². The fraction of sp³-hybridized carbons (Fsp3) is 0.727. The number of aromatic nitrogens is 1. The summed E-state index contributed by atoms with van der Waals surface area (Å²) >= 11 is 0. The molecular formula is C11H18N2O3. The minimum atomic E-state index is -0.0705. The van der Waals surface area contributed by atoms with Gasteiger partial charge >= 0.3 is 0 Å². The molecule has 1 fully saturated rings. The van der Waals surface area contributed by atoms with Gasteiger partial charge < -0.3 is 19.2 Å². The maximum atomic E-state index is 8.90. The molecule has 1 aromatic heterocycles. The Kier molecular flexibility index (Phi) is 3.79. The van der Waals surface area contributed by atoms with Crippen molar-refractivity contribution in [2.24, 2.45) is 0 Å². The van der Waals surface area contributed by atoms with Crippen LogP contribution in [-0.2, 0) is 11.3 Å². The standard InChI is InChI=1S/C11H18N2O3/c1-2-15-10-3-5-13(6-4-10)11-12-9(7-14)8-16-11/h8,10,14H,2-7H2,1H3. The lowest BCUT2D eigenvalue weighted by atomic mass is 10.1. The molecule has 5 heteroatoms. The quantitative estimate of drug-likeness (QED) is 0.835. The van der Waals surface area contributed by atoms with Gasteiger partial charge in [-0.3, -0.25) is 0 Å². The zero-order chi connectivity index (χ0) is 11.4. The van der Waals surface area contributed by atoms with Crippen LogP contribution in [0.15, 0.2) is 10.7 Å². The molecule has 0 unspecified atom stereocenters. The number of hydrogen-bond acceptors (Lipinski definition) is 5. The molecule has 1 aromatic rings. The maximum absolute atomic E-state index is 8.90.